The molecule has 10 heteroatoms. The zero-order valence-electron chi connectivity index (χ0n) is 16.9. The van der Waals surface area contributed by atoms with E-state index in [1.165, 1.54) is 12.4 Å². The van der Waals surface area contributed by atoms with Gasteiger partial charge in [-0.15, -0.1) is 0 Å². The van der Waals surface area contributed by atoms with Crippen LogP contribution in [0.3, 0.4) is 0 Å². The van der Waals surface area contributed by atoms with Gasteiger partial charge in [0.15, 0.2) is 0 Å². The number of benzene rings is 2. The Morgan fingerprint density at radius 2 is 1.81 bits per heavy atom. The summed E-state index contributed by atoms with van der Waals surface area (Å²) in [5.74, 6) is 0.376. The summed E-state index contributed by atoms with van der Waals surface area (Å²) in [4.78, 5) is 19.3. The van der Waals surface area contributed by atoms with Crippen molar-refractivity contribution in [3.8, 4) is 11.3 Å². The third-order valence-electron chi connectivity index (χ3n) is 5.15. The highest BCUT2D eigenvalue weighted by molar-refractivity contribution is 5.90. The first-order valence-electron chi connectivity index (χ1n) is 9.65. The number of hydrogen-bond acceptors (Lipinski definition) is 5. The number of alkyl halides is 3. The third kappa shape index (κ3) is 4.65. The summed E-state index contributed by atoms with van der Waals surface area (Å²) in [7, 11) is 0. The fourth-order valence-corrected chi connectivity index (χ4v) is 3.81. The minimum atomic E-state index is -4.62. The normalized spacial score (nSPS) is 17.7. The van der Waals surface area contributed by atoms with Crippen molar-refractivity contribution in [3.63, 3.8) is 0 Å². The predicted molar refractivity (Wildman–Crippen MR) is 112 cm³/mol. The molecule has 3 aromatic rings. The average Bonchev–Trinajstić information content (AvgIpc) is 3.00. The Balaban J connectivity index is 1.64. The lowest BCUT2D eigenvalue weighted by atomic mass is 10.0. The van der Waals surface area contributed by atoms with Crippen molar-refractivity contribution in [2.75, 3.05) is 10.6 Å². The zero-order chi connectivity index (χ0) is 23.1. The predicted octanol–water partition coefficient (Wildman–Crippen LogP) is 4.85. The van der Waals surface area contributed by atoms with Crippen LogP contribution >= 0.6 is 0 Å². The Morgan fingerprint density at radius 3 is 2.53 bits per heavy atom. The van der Waals surface area contributed by atoms with Crippen LogP contribution in [0.1, 0.15) is 23.6 Å². The lowest BCUT2D eigenvalue weighted by Crippen LogP contribution is -2.23. The molecular weight excluding hydrogens is 425 g/mol. The van der Waals surface area contributed by atoms with Gasteiger partial charge in [-0.1, -0.05) is 12.1 Å². The Bertz CT molecular complexity index is 1200. The molecule has 0 saturated carbocycles. The number of carboxylic acid groups (broad SMARTS) is 1. The summed E-state index contributed by atoms with van der Waals surface area (Å²) in [5.41, 5.74) is 1.23. The van der Waals surface area contributed by atoms with E-state index in [2.05, 4.69) is 15.3 Å². The molecule has 1 heterocycles. The highest BCUT2D eigenvalue weighted by Gasteiger charge is 2.32. The molecule has 0 radical (unpaired) electrons. The molecule has 0 spiro atoms. The lowest BCUT2D eigenvalue weighted by Gasteiger charge is -2.14. The fourth-order valence-electron chi connectivity index (χ4n) is 3.81. The first-order chi connectivity index (χ1) is 15.0. The van der Waals surface area contributed by atoms with Crippen LogP contribution in [-0.4, -0.2) is 31.9 Å². The average molecular weight is 444 g/mol. The molecule has 0 bridgehead atoms. The third-order valence-corrected chi connectivity index (χ3v) is 5.15. The van der Waals surface area contributed by atoms with Crippen LogP contribution in [0.2, 0.25) is 0 Å². The number of hydrogen-bond donors (Lipinski definition) is 4. The van der Waals surface area contributed by atoms with E-state index < -0.39 is 23.4 Å². The molecule has 32 heavy (non-hydrogen) atoms. The number of halogens is 3. The molecule has 7 nitrogen and oxygen atoms in total. The molecule has 4 N–H and O–H groups in total. The van der Waals surface area contributed by atoms with E-state index >= 15 is 0 Å². The highest BCUT2D eigenvalue weighted by atomic mass is 19.4. The molecule has 1 aliphatic carbocycles. The molecule has 4 rings (SSSR count). The second kappa shape index (κ2) is 7.79. The van der Waals surface area contributed by atoms with Crippen LogP contribution < -0.4 is 10.6 Å². The van der Waals surface area contributed by atoms with Gasteiger partial charge in [0.2, 0.25) is 0 Å². The van der Waals surface area contributed by atoms with Gasteiger partial charge in [-0.25, -0.2) is 14.8 Å². The minimum Gasteiger partial charge on any atom is -0.465 e. The van der Waals surface area contributed by atoms with Crippen molar-refractivity contribution in [1.29, 1.82) is 0 Å². The van der Waals surface area contributed by atoms with Gasteiger partial charge in [0.1, 0.15) is 12.1 Å². The van der Waals surface area contributed by atoms with Crippen molar-refractivity contribution >= 4 is 23.3 Å². The van der Waals surface area contributed by atoms with Crippen molar-refractivity contribution < 1.29 is 28.2 Å². The largest absolute Gasteiger partial charge is 0.465 e. The molecule has 1 atom stereocenters. The standard InChI is InChI=1S/C22H19F3N4O3/c1-21(32)9-12-2-4-15(6-13(12)10-21)28-19-8-17(26-11-27-19)16-5-3-14(22(23,24)25)7-18(16)29-20(30)31/h2-8,11,29,32H,9-10H2,1H3,(H,30,31)(H,26,27,28). The van der Waals surface area contributed by atoms with E-state index in [0.717, 1.165) is 35.0 Å². The Labute approximate surface area is 181 Å². The van der Waals surface area contributed by atoms with Gasteiger partial charge < -0.3 is 15.5 Å². The van der Waals surface area contributed by atoms with Crippen molar-refractivity contribution in [3.05, 3.63) is 65.5 Å². The summed E-state index contributed by atoms with van der Waals surface area (Å²) < 4.78 is 39.2. The van der Waals surface area contributed by atoms with Crippen molar-refractivity contribution in [2.24, 2.45) is 0 Å². The second-order valence-electron chi connectivity index (χ2n) is 7.94. The number of amides is 1. The number of aliphatic hydroxyl groups is 1. The maximum atomic E-state index is 13.1. The van der Waals surface area contributed by atoms with Gasteiger partial charge >= 0.3 is 12.3 Å². The molecule has 166 valence electrons. The summed E-state index contributed by atoms with van der Waals surface area (Å²) in [6.45, 7) is 1.78. The van der Waals surface area contributed by atoms with E-state index in [9.17, 15) is 23.1 Å². The minimum absolute atomic E-state index is 0.177. The maximum Gasteiger partial charge on any atom is 0.416 e. The van der Waals surface area contributed by atoms with Gasteiger partial charge in [0.05, 0.1) is 22.5 Å². The molecule has 0 fully saturated rings. The number of fused-ring (bicyclic) bond motifs is 1. The number of aromatic nitrogens is 2. The maximum absolute atomic E-state index is 13.1. The molecule has 2 aromatic carbocycles. The van der Waals surface area contributed by atoms with E-state index in [1.807, 2.05) is 23.5 Å². The van der Waals surface area contributed by atoms with Crippen molar-refractivity contribution in [1.82, 2.24) is 9.97 Å². The highest BCUT2D eigenvalue weighted by Crippen LogP contribution is 2.36. The first kappa shape index (κ1) is 21.6. The van der Waals surface area contributed by atoms with Crippen LogP contribution in [0, 0.1) is 0 Å². The van der Waals surface area contributed by atoms with Gasteiger partial charge in [0.25, 0.3) is 0 Å². The SMILES string of the molecule is CC1(O)Cc2ccc(Nc3cc(-c4ccc(C(F)(F)F)cc4NC(=O)O)ncn3)cc2C1. The lowest BCUT2D eigenvalue weighted by molar-refractivity contribution is -0.137. The van der Waals surface area contributed by atoms with Crippen LogP contribution in [0.4, 0.5) is 35.2 Å². The molecule has 1 aromatic heterocycles. The fraction of sp³-hybridized carbons (Fsp3) is 0.227. The van der Waals surface area contributed by atoms with E-state index in [0.29, 0.717) is 18.7 Å². The van der Waals surface area contributed by atoms with Crippen LogP contribution in [0.15, 0.2) is 48.8 Å². The Morgan fingerprint density at radius 1 is 1.06 bits per heavy atom. The van der Waals surface area contributed by atoms with Crippen LogP contribution in [0.25, 0.3) is 11.3 Å². The molecular formula is C22H19F3N4O3. The summed E-state index contributed by atoms with van der Waals surface area (Å²) in [6, 6.07) is 9.95. The second-order valence-corrected chi connectivity index (χ2v) is 7.94. The number of anilines is 3. The van der Waals surface area contributed by atoms with Crippen molar-refractivity contribution in [2.45, 2.75) is 31.5 Å². The van der Waals surface area contributed by atoms with Gasteiger partial charge in [-0.3, -0.25) is 5.32 Å². The Kier molecular flexibility index (Phi) is 5.25. The van der Waals surface area contributed by atoms with Crippen LogP contribution in [0.5, 0.6) is 0 Å². The summed E-state index contributed by atoms with van der Waals surface area (Å²) >= 11 is 0. The van der Waals surface area contributed by atoms with Crippen LogP contribution in [-0.2, 0) is 19.0 Å². The number of rotatable bonds is 4. The summed E-state index contributed by atoms with van der Waals surface area (Å²) in [5, 5.41) is 24.4. The number of carbonyl (C=O) groups is 1. The van der Waals surface area contributed by atoms with E-state index in [1.54, 1.807) is 6.92 Å². The topological polar surface area (TPSA) is 107 Å². The monoisotopic (exact) mass is 444 g/mol. The Hall–Kier alpha value is -3.66. The van der Waals surface area contributed by atoms with Gasteiger partial charge in [-0.05, 0) is 42.3 Å². The molecule has 1 amide bonds. The molecule has 1 unspecified atom stereocenters. The molecule has 0 aliphatic heterocycles. The quantitative estimate of drug-likeness (QED) is 0.459. The first-order valence-corrected chi connectivity index (χ1v) is 9.65. The zero-order valence-corrected chi connectivity index (χ0v) is 16.9. The smallest absolute Gasteiger partial charge is 0.416 e. The molecule has 0 saturated heterocycles. The number of nitrogens with one attached hydrogen (secondary N) is 2. The molecule has 1 aliphatic rings. The van der Waals surface area contributed by atoms with Gasteiger partial charge in [-0.2, -0.15) is 13.2 Å². The van der Waals surface area contributed by atoms with E-state index in [4.69, 9.17) is 5.11 Å². The summed E-state index contributed by atoms with van der Waals surface area (Å²) in [6.07, 6.45) is -3.77. The number of nitrogens with zero attached hydrogens (tertiary/aromatic N) is 2. The van der Waals surface area contributed by atoms with Gasteiger partial charge in [0, 0.05) is 30.2 Å². The van der Waals surface area contributed by atoms with E-state index in [-0.39, 0.29) is 16.9 Å².